The second-order valence-corrected chi connectivity index (χ2v) is 5.21. The van der Waals surface area contributed by atoms with Gasteiger partial charge in [-0.3, -0.25) is 0 Å². The fraction of sp³-hybridized carbons (Fsp3) is 0.0526. The summed E-state index contributed by atoms with van der Waals surface area (Å²) in [4.78, 5) is 0. The fourth-order valence-corrected chi connectivity index (χ4v) is 2.38. The Morgan fingerprint density at radius 1 is 0.792 bits per heavy atom. The molecular formula is C19H14F3NO. The maximum atomic E-state index is 13.0. The molecule has 0 aromatic heterocycles. The SMILES string of the molecule is Nc1ccc(Oc2ccccc2-c2ccccc2)cc1C(F)(F)F. The molecule has 0 atom stereocenters. The highest BCUT2D eigenvalue weighted by atomic mass is 19.4. The first kappa shape index (κ1) is 15.9. The van der Waals surface area contributed by atoms with E-state index in [1.807, 2.05) is 42.5 Å². The van der Waals surface area contributed by atoms with Gasteiger partial charge in [-0.05, 0) is 29.8 Å². The highest BCUT2D eigenvalue weighted by Crippen LogP contribution is 2.38. The van der Waals surface area contributed by atoms with Gasteiger partial charge in [0, 0.05) is 11.3 Å². The number of halogens is 3. The summed E-state index contributed by atoms with van der Waals surface area (Å²) in [6, 6.07) is 20.2. The predicted octanol–water partition coefficient (Wildman–Crippen LogP) is 5.75. The average molecular weight is 329 g/mol. The molecular weight excluding hydrogens is 315 g/mol. The number of nitrogen functional groups attached to an aromatic ring is 1. The Kier molecular flexibility index (Phi) is 4.16. The molecule has 2 N–H and O–H groups in total. The van der Waals surface area contributed by atoms with Gasteiger partial charge in [0.15, 0.2) is 0 Å². The lowest BCUT2D eigenvalue weighted by Gasteiger charge is -2.14. The molecule has 0 unspecified atom stereocenters. The highest BCUT2D eigenvalue weighted by Gasteiger charge is 2.33. The first-order valence-electron chi connectivity index (χ1n) is 7.24. The van der Waals surface area contributed by atoms with Crippen molar-refractivity contribution in [3.05, 3.63) is 78.4 Å². The molecule has 0 saturated heterocycles. The van der Waals surface area contributed by atoms with Crippen molar-refractivity contribution in [3.8, 4) is 22.6 Å². The van der Waals surface area contributed by atoms with Crippen molar-refractivity contribution >= 4 is 5.69 Å². The molecule has 0 radical (unpaired) electrons. The van der Waals surface area contributed by atoms with Gasteiger partial charge in [0.05, 0.1) is 5.56 Å². The van der Waals surface area contributed by atoms with Gasteiger partial charge >= 0.3 is 6.18 Å². The number of hydrogen-bond acceptors (Lipinski definition) is 2. The molecule has 0 spiro atoms. The summed E-state index contributed by atoms with van der Waals surface area (Å²) in [7, 11) is 0. The average Bonchev–Trinajstić information content (AvgIpc) is 2.57. The minimum atomic E-state index is -4.53. The summed E-state index contributed by atoms with van der Waals surface area (Å²) < 4.78 is 44.6. The maximum absolute atomic E-state index is 13.0. The van der Waals surface area contributed by atoms with Crippen LogP contribution in [0.1, 0.15) is 5.56 Å². The number of ether oxygens (including phenoxy) is 1. The van der Waals surface area contributed by atoms with Crippen LogP contribution in [0.5, 0.6) is 11.5 Å². The number of para-hydroxylation sites is 1. The third-order valence-corrected chi connectivity index (χ3v) is 3.53. The molecule has 122 valence electrons. The molecule has 3 aromatic rings. The lowest BCUT2D eigenvalue weighted by atomic mass is 10.0. The van der Waals surface area contributed by atoms with E-state index >= 15 is 0 Å². The molecule has 0 aliphatic rings. The monoisotopic (exact) mass is 329 g/mol. The van der Waals surface area contributed by atoms with E-state index in [-0.39, 0.29) is 11.4 Å². The number of benzene rings is 3. The summed E-state index contributed by atoms with van der Waals surface area (Å²) in [6.45, 7) is 0. The lowest BCUT2D eigenvalue weighted by molar-refractivity contribution is -0.137. The maximum Gasteiger partial charge on any atom is 0.418 e. The van der Waals surface area contributed by atoms with Gasteiger partial charge in [0.2, 0.25) is 0 Å². The molecule has 0 aliphatic carbocycles. The Balaban J connectivity index is 1.99. The van der Waals surface area contributed by atoms with Crippen LogP contribution in [0.2, 0.25) is 0 Å². The van der Waals surface area contributed by atoms with E-state index in [9.17, 15) is 13.2 Å². The molecule has 3 aromatic carbocycles. The summed E-state index contributed by atoms with van der Waals surface area (Å²) in [5.74, 6) is 0.557. The summed E-state index contributed by atoms with van der Waals surface area (Å²) >= 11 is 0. The zero-order valence-electron chi connectivity index (χ0n) is 12.5. The third-order valence-electron chi connectivity index (χ3n) is 3.53. The largest absolute Gasteiger partial charge is 0.457 e. The van der Waals surface area contributed by atoms with Gasteiger partial charge in [-0.1, -0.05) is 48.5 Å². The van der Waals surface area contributed by atoms with Crippen LogP contribution >= 0.6 is 0 Å². The normalized spacial score (nSPS) is 11.3. The van der Waals surface area contributed by atoms with E-state index in [0.29, 0.717) is 5.75 Å². The standard InChI is InChI=1S/C19H14F3NO/c20-19(21,22)16-12-14(10-11-17(16)23)24-18-9-5-4-8-15(18)13-6-2-1-3-7-13/h1-12H,23H2. The van der Waals surface area contributed by atoms with Crippen molar-refractivity contribution in [2.45, 2.75) is 6.18 Å². The summed E-state index contributed by atoms with van der Waals surface area (Å²) in [5, 5.41) is 0. The van der Waals surface area contributed by atoms with Gasteiger partial charge in [-0.25, -0.2) is 0 Å². The minimum absolute atomic E-state index is 0.0832. The Hall–Kier alpha value is -2.95. The fourth-order valence-electron chi connectivity index (χ4n) is 2.38. The minimum Gasteiger partial charge on any atom is -0.457 e. The second kappa shape index (κ2) is 6.28. The Bertz CT molecular complexity index is 845. The zero-order chi connectivity index (χ0) is 17.2. The predicted molar refractivity (Wildman–Crippen MR) is 87.8 cm³/mol. The van der Waals surface area contributed by atoms with Gasteiger partial charge in [0.25, 0.3) is 0 Å². The number of hydrogen-bond donors (Lipinski definition) is 1. The van der Waals surface area contributed by atoms with E-state index in [4.69, 9.17) is 10.5 Å². The molecule has 0 amide bonds. The van der Waals surface area contributed by atoms with Crippen molar-refractivity contribution in [1.82, 2.24) is 0 Å². The summed E-state index contributed by atoms with van der Waals surface area (Å²) in [5.41, 5.74) is 5.89. The topological polar surface area (TPSA) is 35.2 Å². The quantitative estimate of drug-likeness (QED) is 0.621. The Labute approximate surface area is 137 Å². The van der Waals surface area contributed by atoms with Crippen LogP contribution < -0.4 is 10.5 Å². The van der Waals surface area contributed by atoms with Crippen LogP contribution in [0.25, 0.3) is 11.1 Å². The van der Waals surface area contributed by atoms with Gasteiger partial charge in [0.1, 0.15) is 11.5 Å². The second-order valence-electron chi connectivity index (χ2n) is 5.21. The van der Waals surface area contributed by atoms with Crippen LogP contribution in [0.4, 0.5) is 18.9 Å². The van der Waals surface area contributed by atoms with Crippen LogP contribution in [0.3, 0.4) is 0 Å². The number of rotatable bonds is 3. The molecule has 3 rings (SSSR count). The molecule has 0 saturated carbocycles. The molecule has 0 fully saturated rings. The highest BCUT2D eigenvalue weighted by molar-refractivity contribution is 5.70. The first-order valence-corrected chi connectivity index (χ1v) is 7.24. The Morgan fingerprint density at radius 3 is 2.17 bits per heavy atom. The number of alkyl halides is 3. The van der Waals surface area contributed by atoms with Gasteiger partial charge < -0.3 is 10.5 Å². The van der Waals surface area contributed by atoms with E-state index in [0.717, 1.165) is 17.2 Å². The summed E-state index contributed by atoms with van der Waals surface area (Å²) in [6.07, 6.45) is -4.53. The van der Waals surface area contributed by atoms with Crippen LogP contribution in [0, 0.1) is 0 Å². The van der Waals surface area contributed by atoms with Crippen molar-refractivity contribution in [3.63, 3.8) is 0 Å². The smallest absolute Gasteiger partial charge is 0.418 e. The van der Waals surface area contributed by atoms with Crippen molar-refractivity contribution < 1.29 is 17.9 Å². The molecule has 24 heavy (non-hydrogen) atoms. The van der Waals surface area contributed by atoms with Crippen LogP contribution in [0.15, 0.2) is 72.8 Å². The number of nitrogens with two attached hydrogens (primary N) is 1. The number of anilines is 1. The van der Waals surface area contributed by atoms with E-state index in [1.165, 1.54) is 12.1 Å². The van der Waals surface area contributed by atoms with Crippen molar-refractivity contribution in [2.75, 3.05) is 5.73 Å². The van der Waals surface area contributed by atoms with E-state index in [2.05, 4.69) is 0 Å². The Morgan fingerprint density at radius 2 is 1.46 bits per heavy atom. The zero-order valence-corrected chi connectivity index (χ0v) is 12.5. The van der Waals surface area contributed by atoms with E-state index in [1.54, 1.807) is 12.1 Å². The first-order chi connectivity index (χ1) is 11.4. The van der Waals surface area contributed by atoms with Gasteiger partial charge in [-0.2, -0.15) is 13.2 Å². The molecule has 0 heterocycles. The van der Waals surface area contributed by atoms with Crippen LogP contribution in [-0.4, -0.2) is 0 Å². The molecule has 0 aliphatic heterocycles. The van der Waals surface area contributed by atoms with Crippen LogP contribution in [-0.2, 0) is 6.18 Å². The molecule has 5 heteroatoms. The third kappa shape index (κ3) is 3.35. The van der Waals surface area contributed by atoms with Crippen molar-refractivity contribution in [2.24, 2.45) is 0 Å². The van der Waals surface area contributed by atoms with Crippen molar-refractivity contribution in [1.29, 1.82) is 0 Å². The van der Waals surface area contributed by atoms with E-state index < -0.39 is 11.7 Å². The molecule has 2 nitrogen and oxygen atoms in total. The molecule has 0 bridgehead atoms. The lowest BCUT2D eigenvalue weighted by Crippen LogP contribution is -2.08. The van der Waals surface area contributed by atoms with Gasteiger partial charge in [-0.15, -0.1) is 0 Å².